The Kier molecular flexibility index (Phi) is 4.45. The van der Waals surface area contributed by atoms with Crippen LogP contribution in [0.3, 0.4) is 0 Å². The highest BCUT2D eigenvalue weighted by Gasteiger charge is 2.20. The van der Waals surface area contributed by atoms with Gasteiger partial charge in [0, 0.05) is 5.56 Å². The van der Waals surface area contributed by atoms with E-state index in [2.05, 4.69) is 0 Å². The Balaban J connectivity index is 3.01. The van der Waals surface area contributed by atoms with Gasteiger partial charge in [-0.05, 0) is 31.5 Å². The van der Waals surface area contributed by atoms with Crippen molar-refractivity contribution < 1.29 is 24.1 Å². The van der Waals surface area contributed by atoms with Gasteiger partial charge in [-0.3, -0.25) is 0 Å². The second-order valence-corrected chi connectivity index (χ2v) is 3.71. The highest BCUT2D eigenvalue weighted by atomic mass is 19.1. The smallest absolute Gasteiger partial charge is 0.344 e. The zero-order valence-electron chi connectivity index (χ0n) is 9.68. The van der Waals surface area contributed by atoms with E-state index in [0.29, 0.717) is 0 Å². The number of carboxylic acid groups (broad SMARTS) is 1. The van der Waals surface area contributed by atoms with Gasteiger partial charge < -0.3 is 14.9 Å². The van der Waals surface area contributed by atoms with Gasteiger partial charge in [-0.2, -0.15) is 0 Å². The first kappa shape index (κ1) is 13.4. The molecule has 1 aromatic rings. The molecule has 94 valence electrons. The predicted octanol–water partition coefficient (Wildman–Crippen LogP) is 2.12. The van der Waals surface area contributed by atoms with E-state index < -0.39 is 24.0 Å². The molecule has 0 aliphatic heterocycles. The summed E-state index contributed by atoms with van der Waals surface area (Å²) >= 11 is 0. The van der Waals surface area contributed by atoms with Gasteiger partial charge in [0.15, 0.2) is 6.10 Å². The van der Waals surface area contributed by atoms with Crippen LogP contribution in [0.5, 0.6) is 5.75 Å². The maximum atomic E-state index is 13.0. The van der Waals surface area contributed by atoms with Gasteiger partial charge in [-0.15, -0.1) is 0 Å². The van der Waals surface area contributed by atoms with Crippen LogP contribution < -0.4 is 4.74 Å². The van der Waals surface area contributed by atoms with E-state index in [9.17, 15) is 14.3 Å². The lowest BCUT2D eigenvalue weighted by Crippen LogP contribution is -2.26. The lowest BCUT2D eigenvalue weighted by atomic mass is 10.1. The molecule has 4 nitrogen and oxygen atoms in total. The number of aliphatic hydroxyl groups excluding tert-OH is 1. The van der Waals surface area contributed by atoms with Crippen LogP contribution >= 0.6 is 0 Å². The molecule has 17 heavy (non-hydrogen) atoms. The molecule has 5 heteroatoms. The van der Waals surface area contributed by atoms with Crippen molar-refractivity contribution >= 4 is 5.97 Å². The number of carboxylic acids is 1. The van der Waals surface area contributed by atoms with Crippen molar-refractivity contribution in [2.24, 2.45) is 0 Å². The monoisotopic (exact) mass is 242 g/mol. The normalized spacial score (nSPS) is 14.1. The summed E-state index contributed by atoms with van der Waals surface area (Å²) in [6, 6.07) is 3.62. The first-order valence-corrected chi connectivity index (χ1v) is 5.32. The summed E-state index contributed by atoms with van der Waals surface area (Å²) in [6.45, 7) is 3.13. The molecule has 1 rings (SSSR count). The highest BCUT2D eigenvalue weighted by molar-refractivity contribution is 5.72. The van der Waals surface area contributed by atoms with Crippen molar-refractivity contribution in [2.45, 2.75) is 32.5 Å². The molecule has 0 aliphatic rings. The van der Waals surface area contributed by atoms with Crippen molar-refractivity contribution in [1.29, 1.82) is 0 Å². The molecule has 0 aliphatic carbocycles. The maximum Gasteiger partial charge on any atom is 0.344 e. The largest absolute Gasteiger partial charge is 0.479 e. The average Bonchev–Trinajstić information content (AvgIpc) is 2.26. The van der Waals surface area contributed by atoms with E-state index in [1.807, 2.05) is 0 Å². The summed E-state index contributed by atoms with van der Waals surface area (Å²) in [5, 5.41) is 18.3. The number of aliphatic carboxylic acids is 1. The van der Waals surface area contributed by atoms with Crippen LogP contribution in [0, 0.1) is 5.82 Å². The lowest BCUT2D eigenvalue weighted by Gasteiger charge is -2.17. The van der Waals surface area contributed by atoms with Crippen molar-refractivity contribution in [1.82, 2.24) is 0 Å². The predicted molar refractivity (Wildman–Crippen MR) is 59.4 cm³/mol. The summed E-state index contributed by atoms with van der Waals surface area (Å²) in [5.74, 6) is -1.40. The third-order valence-corrected chi connectivity index (χ3v) is 2.34. The van der Waals surface area contributed by atoms with Gasteiger partial charge in [0.2, 0.25) is 0 Å². The molecule has 0 radical (unpaired) electrons. The minimum absolute atomic E-state index is 0.190. The lowest BCUT2D eigenvalue weighted by molar-refractivity contribution is -0.145. The quantitative estimate of drug-likeness (QED) is 0.830. The molecule has 0 spiro atoms. The molecule has 0 saturated heterocycles. The van der Waals surface area contributed by atoms with Crippen molar-refractivity contribution in [3.63, 3.8) is 0 Å². The fourth-order valence-electron chi connectivity index (χ4n) is 1.41. The second-order valence-electron chi connectivity index (χ2n) is 3.71. The van der Waals surface area contributed by atoms with Crippen LogP contribution in [-0.4, -0.2) is 22.3 Å². The molecule has 0 bridgehead atoms. The van der Waals surface area contributed by atoms with Crippen LogP contribution in [0.25, 0.3) is 0 Å². The number of aliphatic hydroxyl groups is 1. The molecule has 1 aromatic carbocycles. The summed E-state index contributed by atoms with van der Waals surface area (Å²) in [4.78, 5) is 10.8. The van der Waals surface area contributed by atoms with E-state index >= 15 is 0 Å². The Labute approximate surface area is 98.7 Å². The molecule has 0 saturated carbocycles. The Bertz CT molecular complexity index is 403. The first-order valence-electron chi connectivity index (χ1n) is 5.32. The van der Waals surface area contributed by atoms with Gasteiger partial charge in [-0.25, -0.2) is 9.18 Å². The van der Waals surface area contributed by atoms with E-state index in [4.69, 9.17) is 9.84 Å². The van der Waals surface area contributed by atoms with E-state index in [1.54, 1.807) is 6.92 Å². The molecule has 2 N–H and O–H groups in total. The molecular weight excluding hydrogens is 227 g/mol. The third-order valence-electron chi connectivity index (χ3n) is 2.34. The number of ether oxygens (including phenoxy) is 1. The minimum atomic E-state index is -1.09. The van der Waals surface area contributed by atoms with Gasteiger partial charge in [0.25, 0.3) is 0 Å². The minimum Gasteiger partial charge on any atom is -0.479 e. The van der Waals surface area contributed by atoms with Crippen LogP contribution in [-0.2, 0) is 4.79 Å². The van der Waals surface area contributed by atoms with Crippen LogP contribution in [0.4, 0.5) is 4.39 Å². The van der Waals surface area contributed by atoms with Gasteiger partial charge >= 0.3 is 5.97 Å². The fraction of sp³-hybridized carbons (Fsp3) is 0.417. The molecular formula is C12H15FO4. The molecule has 0 fully saturated rings. The summed E-state index contributed by atoms with van der Waals surface area (Å²) in [7, 11) is 0. The second kappa shape index (κ2) is 5.63. The Morgan fingerprint density at radius 2 is 2.18 bits per heavy atom. The Morgan fingerprint density at radius 3 is 2.65 bits per heavy atom. The Hall–Kier alpha value is -1.62. The summed E-state index contributed by atoms with van der Waals surface area (Å²) in [5.41, 5.74) is 0.240. The van der Waals surface area contributed by atoms with Crippen LogP contribution in [0.15, 0.2) is 18.2 Å². The highest BCUT2D eigenvalue weighted by Crippen LogP contribution is 2.27. The van der Waals surface area contributed by atoms with Crippen LogP contribution in [0.2, 0.25) is 0 Å². The zero-order valence-corrected chi connectivity index (χ0v) is 9.68. The number of carbonyl (C=O) groups is 1. The molecule has 0 heterocycles. The molecule has 1 unspecified atom stereocenters. The van der Waals surface area contributed by atoms with Crippen LogP contribution in [0.1, 0.15) is 31.9 Å². The topological polar surface area (TPSA) is 66.8 Å². The number of rotatable bonds is 5. The van der Waals surface area contributed by atoms with Crippen molar-refractivity contribution in [2.75, 3.05) is 0 Å². The third kappa shape index (κ3) is 3.42. The van der Waals surface area contributed by atoms with E-state index in [0.717, 1.165) is 12.1 Å². The van der Waals surface area contributed by atoms with E-state index in [1.165, 1.54) is 13.0 Å². The molecule has 0 aromatic heterocycles. The Morgan fingerprint density at radius 1 is 1.53 bits per heavy atom. The first-order chi connectivity index (χ1) is 7.95. The maximum absolute atomic E-state index is 13.0. The van der Waals surface area contributed by atoms with Gasteiger partial charge in [0.1, 0.15) is 11.6 Å². The fourth-order valence-corrected chi connectivity index (χ4v) is 1.41. The summed E-state index contributed by atoms with van der Waals surface area (Å²) < 4.78 is 18.2. The number of hydrogen-bond acceptors (Lipinski definition) is 3. The van der Waals surface area contributed by atoms with Crippen molar-refractivity contribution in [3.8, 4) is 5.75 Å². The SMILES string of the molecule is CCC(Oc1ccc(F)cc1[C@@H](C)O)C(=O)O. The van der Waals surface area contributed by atoms with Gasteiger partial charge in [-0.1, -0.05) is 6.92 Å². The average molecular weight is 242 g/mol. The standard InChI is InChI=1S/C12H15FO4/c1-3-10(12(15)16)17-11-5-4-8(13)6-9(11)7(2)14/h4-7,10,14H,3H2,1-2H3,(H,15,16)/t7-,10?/m1/s1. The van der Waals surface area contributed by atoms with Crippen molar-refractivity contribution in [3.05, 3.63) is 29.6 Å². The summed E-state index contributed by atoms with van der Waals surface area (Å²) in [6.07, 6.45) is -1.64. The van der Waals surface area contributed by atoms with E-state index in [-0.39, 0.29) is 17.7 Å². The zero-order chi connectivity index (χ0) is 13.0. The number of hydrogen-bond donors (Lipinski definition) is 2. The number of benzene rings is 1. The van der Waals surface area contributed by atoms with Gasteiger partial charge in [0.05, 0.1) is 6.10 Å². The number of halogens is 1. The molecule has 0 amide bonds. The molecule has 2 atom stereocenters.